The SMILES string of the molecule is CC(C)N1CC2CN(C(C)C)CC(C1)C2(O)O. The van der Waals surface area contributed by atoms with E-state index in [9.17, 15) is 10.2 Å². The lowest BCUT2D eigenvalue weighted by Crippen LogP contribution is -2.68. The van der Waals surface area contributed by atoms with Gasteiger partial charge in [0.05, 0.1) is 0 Å². The number of likely N-dealkylation sites (tertiary alicyclic amines) is 2. The molecule has 4 nitrogen and oxygen atoms in total. The van der Waals surface area contributed by atoms with Crippen LogP contribution in [0.1, 0.15) is 27.7 Å². The lowest BCUT2D eigenvalue weighted by molar-refractivity contribution is -0.285. The number of hydrogen-bond acceptors (Lipinski definition) is 4. The normalized spacial score (nSPS) is 34.6. The van der Waals surface area contributed by atoms with Crippen LogP contribution in [-0.4, -0.2) is 64.1 Å². The van der Waals surface area contributed by atoms with Crippen molar-refractivity contribution in [1.82, 2.24) is 9.80 Å². The summed E-state index contributed by atoms with van der Waals surface area (Å²) in [5.74, 6) is -1.55. The third-order valence-corrected chi connectivity index (χ3v) is 4.48. The molecule has 0 spiro atoms. The molecule has 2 saturated heterocycles. The molecule has 2 fully saturated rings. The lowest BCUT2D eigenvalue weighted by atomic mass is 9.77. The summed E-state index contributed by atoms with van der Waals surface area (Å²) in [5.41, 5.74) is 0. The minimum absolute atomic E-state index is 0.0419. The Morgan fingerprint density at radius 3 is 1.35 bits per heavy atom. The van der Waals surface area contributed by atoms with Gasteiger partial charge in [0.15, 0.2) is 5.79 Å². The zero-order valence-electron chi connectivity index (χ0n) is 11.4. The monoisotopic (exact) mass is 242 g/mol. The molecule has 0 aromatic heterocycles. The molecule has 2 heterocycles. The number of piperidine rings is 2. The van der Waals surface area contributed by atoms with Gasteiger partial charge >= 0.3 is 0 Å². The summed E-state index contributed by atoms with van der Waals surface area (Å²) in [6.07, 6.45) is 0. The summed E-state index contributed by atoms with van der Waals surface area (Å²) in [6, 6.07) is 0.975. The highest BCUT2D eigenvalue weighted by Crippen LogP contribution is 2.37. The summed E-state index contributed by atoms with van der Waals surface area (Å²) in [6.45, 7) is 11.9. The second-order valence-corrected chi connectivity index (χ2v) is 6.27. The van der Waals surface area contributed by atoms with Gasteiger partial charge < -0.3 is 10.2 Å². The van der Waals surface area contributed by atoms with Crippen molar-refractivity contribution in [3.8, 4) is 0 Å². The first-order chi connectivity index (χ1) is 7.82. The minimum atomic E-state index is -1.46. The molecular formula is C13H26N2O2. The average Bonchev–Trinajstić information content (AvgIpc) is 2.14. The van der Waals surface area contributed by atoms with E-state index in [2.05, 4.69) is 37.5 Å². The van der Waals surface area contributed by atoms with Gasteiger partial charge in [0.1, 0.15) is 0 Å². The third-order valence-electron chi connectivity index (χ3n) is 4.48. The van der Waals surface area contributed by atoms with Crippen molar-refractivity contribution in [2.45, 2.75) is 45.6 Å². The molecule has 4 heteroatoms. The molecule has 2 N–H and O–H groups in total. The van der Waals surface area contributed by atoms with Crippen LogP contribution in [0.25, 0.3) is 0 Å². The Balaban J connectivity index is 2.14. The smallest absolute Gasteiger partial charge is 0.173 e. The van der Waals surface area contributed by atoms with E-state index >= 15 is 0 Å². The fraction of sp³-hybridized carbons (Fsp3) is 1.00. The van der Waals surface area contributed by atoms with Crippen molar-refractivity contribution in [1.29, 1.82) is 0 Å². The van der Waals surface area contributed by atoms with Gasteiger partial charge in [-0.2, -0.15) is 0 Å². The Morgan fingerprint density at radius 2 is 1.12 bits per heavy atom. The van der Waals surface area contributed by atoms with Gasteiger partial charge in [-0.3, -0.25) is 9.80 Å². The molecule has 0 unspecified atom stereocenters. The highest BCUT2D eigenvalue weighted by molar-refractivity contribution is 4.99. The summed E-state index contributed by atoms with van der Waals surface area (Å²) in [4.78, 5) is 4.75. The Hall–Kier alpha value is -0.160. The number of aliphatic hydroxyl groups is 2. The van der Waals surface area contributed by atoms with Crippen LogP contribution in [0.4, 0.5) is 0 Å². The predicted molar refractivity (Wildman–Crippen MR) is 67.6 cm³/mol. The molecule has 0 radical (unpaired) electrons. The van der Waals surface area contributed by atoms with E-state index in [0.717, 1.165) is 26.2 Å². The van der Waals surface area contributed by atoms with Crippen molar-refractivity contribution in [2.75, 3.05) is 26.2 Å². The third kappa shape index (κ3) is 2.36. The summed E-state index contributed by atoms with van der Waals surface area (Å²) >= 11 is 0. The highest BCUT2D eigenvalue weighted by Gasteiger charge is 2.52. The van der Waals surface area contributed by atoms with Crippen LogP contribution in [-0.2, 0) is 0 Å². The molecule has 0 saturated carbocycles. The predicted octanol–water partition coefficient (Wildman–Crippen LogP) is 0.348. The molecule has 2 rings (SSSR count). The molecule has 2 aliphatic heterocycles. The second kappa shape index (κ2) is 4.50. The van der Waals surface area contributed by atoms with Crippen LogP contribution in [0.3, 0.4) is 0 Å². The van der Waals surface area contributed by atoms with E-state index in [4.69, 9.17) is 0 Å². The maximum atomic E-state index is 10.3. The van der Waals surface area contributed by atoms with E-state index in [-0.39, 0.29) is 11.8 Å². The molecule has 0 amide bonds. The Morgan fingerprint density at radius 1 is 0.824 bits per heavy atom. The quantitative estimate of drug-likeness (QED) is 0.686. The van der Waals surface area contributed by atoms with Gasteiger partial charge in [0.25, 0.3) is 0 Å². The van der Waals surface area contributed by atoms with Crippen LogP contribution in [0.2, 0.25) is 0 Å². The van der Waals surface area contributed by atoms with Gasteiger partial charge in [-0.05, 0) is 27.7 Å². The van der Waals surface area contributed by atoms with Crippen molar-refractivity contribution in [2.24, 2.45) is 11.8 Å². The number of nitrogens with zero attached hydrogens (tertiary/aromatic N) is 2. The minimum Gasteiger partial charge on any atom is -0.365 e. The van der Waals surface area contributed by atoms with Crippen molar-refractivity contribution >= 4 is 0 Å². The molecule has 0 aliphatic carbocycles. The zero-order chi connectivity index (χ0) is 12.8. The van der Waals surface area contributed by atoms with Gasteiger partial charge in [-0.1, -0.05) is 0 Å². The van der Waals surface area contributed by atoms with Crippen molar-refractivity contribution < 1.29 is 10.2 Å². The lowest BCUT2D eigenvalue weighted by Gasteiger charge is -2.54. The van der Waals surface area contributed by atoms with Gasteiger partial charge in [0.2, 0.25) is 0 Å². The Kier molecular flexibility index (Phi) is 3.51. The Bertz CT molecular complexity index is 241. The first-order valence-electron chi connectivity index (χ1n) is 6.75. The van der Waals surface area contributed by atoms with Crippen LogP contribution in [0.15, 0.2) is 0 Å². The largest absolute Gasteiger partial charge is 0.365 e. The zero-order valence-corrected chi connectivity index (χ0v) is 11.4. The highest BCUT2D eigenvalue weighted by atomic mass is 16.5. The van der Waals surface area contributed by atoms with Gasteiger partial charge in [-0.25, -0.2) is 0 Å². The molecular weight excluding hydrogens is 216 g/mol. The molecule has 17 heavy (non-hydrogen) atoms. The maximum absolute atomic E-state index is 10.3. The van der Waals surface area contributed by atoms with Crippen LogP contribution in [0.5, 0.6) is 0 Å². The maximum Gasteiger partial charge on any atom is 0.173 e. The fourth-order valence-corrected chi connectivity index (χ4v) is 3.11. The molecule has 100 valence electrons. The number of fused-ring (bicyclic) bond motifs is 2. The summed E-state index contributed by atoms with van der Waals surface area (Å²) < 4.78 is 0. The van der Waals surface area contributed by atoms with Crippen molar-refractivity contribution in [3.05, 3.63) is 0 Å². The number of rotatable bonds is 2. The molecule has 2 bridgehead atoms. The fourth-order valence-electron chi connectivity index (χ4n) is 3.11. The van der Waals surface area contributed by atoms with E-state index in [1.54, 1.807) is 0 Å². The number of hydrogen-bond donors (Lipinski definition) is 2. The van der Waals surface area contributed by atoms with Crippen molar-refractivity contribution in [3.63, 3.8) is 0 Å². The topological polar surface area (TPSA) is 46.9 Å². The van der Waals surface area contributed by atoms with E-state index in [0.29, 0.717) is 12.1 Å². The molecule has 2 aliphatic rings. The first kappa shape index (κ1) is 13.3. The standard InChI is InChI=1S/C13H26N2O2/c1-9(2)14-5-11-7-15(10(3)4)8-12(6-14)13(11,16)17/h9-12,16-17H,5-8H2,1-4H3. The van der Waals surface area contributed by atoms with Crippen LogP contribution in [0, 0.1) is 11.8 Å². The molecule has 0 aromatic rings. The molecule has 0 atom stereocenters. The van der Waals surface area contributed by atoms with E-state index in [1.807, 2.05) is 0 Å². The Labute approximate surface area is 104 Å². The average molecular weight is 242 g/mol. The first-order valence-corrected chi connectivity index (χ1v) is 6.75. The van der Waals surface area contributed by atoms with Gasteiger partial charge in [0, 0.05) is 50.1 Å². The van der Waals surface area contributed by atoms with Crippen LogP contribution >= 0.6 is 0 Å². The molecule has 0 aromatic carbocycles. The van der Waals surface area contributed by atoms with Crippen LogP contribution < -0.4 is 0 Å². The van der Waals surface area contributed by atoms with Gasteiger partial charge in [-0.15, -0.1) is 0 Å². The van der Waals surface area contributed by atoms with E-state index in [1.165, 1.54) is 0 Å². The summed E-state index contributed by atoms with van der Waals surface area (Å²) in [7, 11) is 0. The summed E-state index contributed by atoms with van der Waals surface area (Å²) in [5, 5.41) is 20.5. The van der Waals surface area contributed by atoms with E-state index < -0.39 is 5.79 Å². The second-order valence-electron chi connectivity index (χ2n) is 6.27.